The Morgan fingerprint density at radius 1 is 1.53 bits per heavy atom. The fourth-order valence-corrected chi connectivity index (χ4v) is 2.69. The third-order valence-corrected chi connectivity index (χ3v) is 4.15. The van der Waals surface area contributed by atoms with Gasteiger partial charge in [-0.3, -0.25) is 0 Å². The molecule has 4 nitrogen and oxygen atoms in total. The first-order valence-electron chi connectivity index (χ1n) is 6.52. The van der Waals surface area contributed by atoms with E-state index < -0.39 is 0 Å². The molecule has 5 heteroatoms. The normalized spacial score (nSPS) is 14.5. The highest BCUT2D eigenvalue weighted by Gasteiger charge is 2.21. The van der Waals surface area contributed by atoms with Crippen LogP contribution in [-0.4, -0.2) is 17.6 Å². The Bertz CT molecular complexity index is 481. The molecule has 19 heavy (non-hydrogen) atoms. The van der Waals surface area contributed by atoms with Gasteiger partial charge in [-0.05, 0) is 25.5 Å². The Balaban J connectivity index is 1.92. The summed E-state index contributed by atoms with van der Waals surface area (Å²) in [7, 11) is 0. The fourth-order valence-electron chi connectivity index (χ4n) is 1.93. The Kier molecular flexibility index (Phi) is 5.13. The van der Waals surface area contributed by atoms with Gasteiger partial charge in [-0.25, -0.2) is 4.98 Å². The van der Waals surface area contributed by atoms with Crippen molar-refractivity contribution in [1.29, 1.82) is 0 Å². The molecule has 0 spiro atoms. The zero-order valence-corrected chi connectivity index (χ0v) is 12.2. The monoisotopic (exact) mass is 280 g/mol. The second-order valence-electron chi connectivity index (χ2n) is 4.49. The lowest BCUT2D eigenvalue weighted by atomic mass is 10.1. The smallest absolute Gasteiger partial charge is 0.134 e. The maximum absolute atomic E-state index is 6.10. The standard InChI is InChI=1S/C14H20N2O2S/c1-3-11(15)14(12-5-4-7-17-12)18-8-6-13-10(2)16-9-19-13/h4-5,7,9,11,14H,3,6,8,15H2,1-2H3. The van der Waals surface area contributed by atoms with Gasteiger partial charge in [-0.2, -0.15) is 0 Å². The van der Waals surface area contributed by atoms with Crippen LogP contribution in [0, 0.1) is 6.92 Å². The van der Waals surface area contributed by atoms with Crippen molar-refractivity contribution in [3.63, 3.8) is 0 Å². The number of aromatic nitrogens is 1. The van der Waals surface area contributed by atoms with Gasteiger partial charge in [-0.15, -0.1) is 11.3 Å². The summed E-state index contributed by atoms with van der Waals surface area (Å²) in [5.74, 6) is 0.801. The van der Waals surface area contributed by atoms with Crippen molar-refractivity contribution in [2.75, 3.05) is 6.61 Å². The highest BCUT2D eigenvalue weighted by atomic mass is 32.1. The van der Waals surface area contributed by atoms with Gasteiger partial charge in [0, 0.05) is 17.3 Å². The lowest BCUT2D eigenvalue weighted by molar-refractivity contribution is 0.0211. The van der Waals surface area contributed by atoms with Crippen molar-refractivity contribution in [1.82, 2.24) is 4.98 Å². The van der Waals surface area contributed by atoms with Crippen molar-refractivity contribution >= 4 is 11.3 Å². The van der Waals surface area contributed by atoms with Gasteiger partial charge in [0.2, 0.25) is 0 Å². The van der Waals surface area contributed by atoms with E-state index in [4.69, 9.17) is 14.9 Å². The predicted molar refractivity (Wildman–Crippen MR) is 76.2 cm³/mol. The maximum Gasteiger partial charge on any atom is 0.134 e. The summed E-state index contributed by atoms with van der Waals surface area (Å²) in [6.45, 7) is 4.70. The van der Waals surface area contributed by atoms with Crippen LogP contribution in [0.1, 0.15) is 35.8 Å². The van der Waals surface area contributed by atoms with Crippen LogP contribution >= 0.6 is 11.3 Å². The first-order valence-corrected chi connectivity index (χ1v) is 7.40. The molecule has 0 radical (unpaired) electrons. The molecule has 0 fully saturated rings. The van der Waals surface area contributed by atoms with E-state index in [1.54, 1.807) is 17.6 Å². The number of ether oxygens (including phenoxy) is 1. The van der Waals surface area contributed by atoms with Gasteiger partial charge in [0.05, 0.1) is 24.1 Å². The Hall–Kier alpha value is -1.17. The number of thiazole rings is 1. The average Bonchev–Trinajstić information content (AvgIpc) is 3.06. The third-order valence-electron chi connectivity index (χ3n) is 3.16. The van der Waals surface area contributed by atoms with Gasteiger partial charge < -0.3 is 14.9 Å². The molecule has 2 unspecified atom stereocenters. The molecular formula is C14H20N2O2S. The summed E-state index contributed by atoms with van der Waals surface area (Å²) >= 11 is 1.67. The van der Waals surface area contributed by atoms with E-state index >= 15 is 0 Å². The van der Waals surface area contributed by atoms with E-state index in [9.17, 15) is 0 Å². The summed E-state index contributed by atoms with van der Waals surface area (Å²) in [4.78, 5) is 5.50. The molecule has 0 aliphatic heterocycles. The number of hydrogen-bond donors (Lipinski definition) is 1. The van der Waals surface area contributed by atoms with E-state index in [-0.39, 0.29) is 12.1 Å². The summed E-state index contributed by atoms with van der Waals surface area (Å²) in [6.07, 6.45) is 3.20. The number of hydrogen-bond acceptors (Lipinski definition) is 5. The van der Waals surface area contributed by atoms with Gasteiger partial charge in [0.25, 0.3) is 0 Å². The topological polar surface area (TPSA) is 61.3 Å². The molecule has 0 saturated carbocycles. The Labute approximate surface area is 117 Å². The number of nitrogens with zero attached hydrogens (tertiary/aromatic N) is 1. The molecule has 0 aliphatic carbocycles. The van der Waals surface area contributed by atoms with Crippen molar-refractivity contribution < 1.29 is 9.15 Å². The first kappa shape index (κ1) is 14.2. The van der Waals surface area contributed by atoms with Crippen LogP contribution in [0.25, 0.3) is 0 Å². The second kappa shape index (κ2) is 6.84. The van der Waals surface area contributed by atoms with Gasteiger partial charge >= 0.3 is 0 Å². The van der Waals surface area contributed by atoms with Gasteiger partial charge in [0.15, 0.2) is 0 Å². The number of nitrogens with two attached hydrogens (primary N) is 1. The van der Waals surface area contributed by atoms with Crippen LogP contribution in [0.15, 0.2) is 28.3 Å². The molecule has 0 bridgehead atoms. The quantitative estimate of drug-likeness (QED) is 0.846. The highest BCUT2D eigenvalue weighted by molar-refractivity contribution is 7.09. The summed E-state index contributed by atoms with van der Waals surface area (Å²) < 4.78 is 11.3. The SMILES string of the molecule is CCC(N)C(OCCc1scnc1C)c1ccco1. The lowest BCUT2D eigenvalue weighted by Gasteiger charge is -2.21. The molecule has 2 N–H and O–H groups in total. The zero-order chi connectivity index (χ0) is 13.7. The molecule has 0 aliphatic rings. The van der Waals surface area contributed by atoms with E-state index in [2.05, 4.69) is 11.9 Å². The Morgan fingerprint density at radius 3 is 2.95 bits per heavy atom. The molecule has 0 saturated heterocycles. The van der Waals surface area contributed by atoms with Crippen LogP contribution in [0.2, 0.25) is 0 Å². The second-order valence-corrected chi connectivity index (χ2v) is 5.43. The summed E-state index contributed by atoms with van der Waals surface area (Å²) in [6, 6.07) is 3.73. The molecule has 0 aromatic carbocycles. The van der Waals surface area contributed by atoms with Crippen LogP contribution in [0.3, 0.4) is 0 Å². The van der Waals surface area contributed by atoms with Crippen LogP contribution < -0.4 is 5.73 Å². The molecule has 2 rings (SSSR count). The molecule has 0 amide bonds. The molecule has 104 valence electrons. The largest absolute Gasteiger partial charge is 0.467 e. The van der Waals surface area contributed by atoms with Gasteiger partial charge in [0.1, 0.15) is 11.9 Å². The summed E-state index contributed by atoms with van der Waals surface area (Å²) in [5, 5.41) is 0. The molecule has 2 aromatic heterocycles. The van der Waals surface area contributed by atoms with Crippen LogP contribution in [0.4, 0.5) is 0 Å². The molecule has 2 atom stereocenters. The van der Waals surface area contributed by atoms with Crippen molar-refractivity contribution in [2.45, 2.75) is 38.8 Å². The Morgan fingerprint density at radius 2 is 2.37 bits per heavy atom. The van der Waals surface area contributed by atoms with E-state index in [0.29, 0.717) is 6.61 Å². The predicted octanol–water partition coefficient (Wildman–Crippen LogP) is 3.08. The minimum atomic E-state index is -0.173. The lowest BCUT2D eigenvalue weighted by Crippen LogP contribution is -2.29. The van der Waals surface area contributed by atoms with Crippen molar-refractivity contribution in [3.8, 4) is 0 Å². The molecule has 2 heterocycles. The number of rotatable bonds is 7. The third kappa shape index (κ3) is 3.65. The van der Waals surface area contributed by atoms with Gasteiger partial charge in [-0.1, -0.05) is 6.92 Å². The number of furan rings is 1. The summed E-state index contributed by atoms with van der Waals surface area (Å²) in [5.41, 5.74) is 9.06. The molecular weight excluding hydrogens is 260 g/mol. The minimum Gasteiger partial charge on any atom is -0.467 e. The maximum atomic E-state index is 6.10. The fraction of sp³-hybridized carbons (Fsp3) is 0.500. The average molecular weight is 280 g/mol. The van der Waals surface area contributed by atoms with Crippen LogP contribution in [0.5, 0.6) is 0 Å². The van der Waals surface area contributed by atoms with E-state index in [0.717, 1.165) is 24.3 Å². The minimum absolute atomic E-state index is 0.0475. The molecule has 2 aromatic rings. The van der Waals surface area contributed by atoms with E-state index in [1.165, 1.54) is 4.88 Å². The van der Waals surface area contributed by atoms with E-state index in [1.807, 2.05) is 24.6 Å². The zero-order valence-electron chi connectivity index (χ0n) is 11.3. The van der Waals surface area contributed by atoms with Crippen molar-refractivity contribution in [3.05, 3.63) is 40.2 Å². The number of aryl methyl sites for hydroxylation is 1. The first-order chi connectivity index (χ1) is 9.22. The highest BCUT2D eigenvalue weighted by Crippen LogP contribution is 2.23. The van der Waals surface area contributed by atoms with Crippen LogP contribution in [-0.2, 0) is 11.2 Å². The van der Waals surface area contributed by atoms with Crippen molar-refractivity contribution in [2.24, 2.45) is 5.73 Å².